The smallest absolute Gasteiger partial charge is 0.339 e. The summed E-state index contributed by atoms with van der Waals surface area (Å²) in [5, 5.41) is 0.483. The van der Waals surface area contributed by atoms with Gasteiger partial charge in [0.25, 0.3) is 5.56 Å². The maximum Gasteiger partial charge on any atom is 0.339 e. The zero-order valence-electron chi connectivity index (χ0n) is 13.8. The van der Waals surface area contributed by atoms with Crippen LogP contribution in [0.3, 0.4) is 0 Å². The van der Waals surface area contributed by atoms with Gasteiger partial charge in [-0.05, 0) is 37.8 Å². The van der Waals surface area contributed by atoms with Gasteiger partial charge in [0.1, 0.15) is 0 Å². The molecule has 0 N–H and O–H groups in total. The summed E-state index contributed by atoms with van der Waals surface area (Å²) in [6, 6.07) is 3.71. The first-order valence-corrected chi connectivity index (χ1v) is 8.13. The molecule has 122 valence electrons. The number of carbonyl (C=O) groups is 1. The van der Waals surface area contributed by atoms with Crippen LogP contribution in [0.1, 0.15) is 54.7 Å². The molecule has 1 aliphatic carbocycles. The molecule has 2 atom stereocenters. The molecule has 23 heavy (non-hydrogen) atoms. The maximum absolute atomic E-state index is 12.9. The zero-order chi connectivity index (χ0) is 16.6. The van der Waals surface area contributed by atoms with E-state index in [0.29, 0.717) is 28.1 Å². The number of ether oxygens (including phenoxy) is 1. The van der Waals surface area contributed by atoms with Gasteiger partial charge in [0.05, 0.1) is 29.3 Å². The fourth-order valence-corrected chi connectivity index (χ4v) is 3.57. The SMILES string of the molecule is COC(=O)c1cc2c(=O)n(C3CCCCC3C)ccc2nc1C. The van der Waals surface area contributed by atoms with E-state index in [-0.39, 0.29) is 11.6 Å². The van der Waals surface area contributed by atoms with Gasteiger partial charge in [-0.3, -0.25) is 9.78 Å². The second kappa shape index (κ2) is 6.14. The van der Waals surface area contributed by atoms with Gasteiger partial charge >= 0.3 is 5.97 Å². The van der Waals surface area contributed by atoms with Crippen molar-refractivity contribution in [3.05, 3.63) is 39.9 Å². The predicted molar refractivity (Wildman–Crippen MR) is 88.7 cm³/mol. The molecular weight excluding hydrogens is 292 g/mol. The number of carbonyl (C=O) groups excluding carboxylic acids is 1. The summed E-state index contributed by atoms with van der Waals surface area (Å²) in [6.07, 6.45) is 6.40. The largest absolute Gasteiger partial charge is 0.465 e. The molecule has 5 nitrogen and oxygen atoms in total. The summed E-state index contributed by atoms with van der Waals surface area (Å²) in [7, 11) is 1.33. The Hall–Kier alpha value is -2.17. The molecule has 1 fully saturated rings. The van der Waals surface area contributed by atoms with Gasteiger partial charge in [-0.1, -0.05) is 19.8 Å². The molecule has 0 aliphatic heterocycles. The summed E-state index contributed by atoms with van der Waals surface area (Å²) >= 11 is 0. The van der Waals surface area contributed by atoms with Gasteiger partial charge in [-0.2, -0.15) is 0 Å². The van der Waals surface area contributed by atoms with Crippen LogP contribution in [0.2, 0.25) is 0 Å². The van der Waals surface area contributed by atoms with Gasteiger partial charge in [0.2, 0.25) is 0 Å². The number of rotatable bonds is 2. The second-order valence-electron chi connectivity index (χ2n) is 6.40. The van der Waals surface area contributed by atoms with E-state index in [2.05, 4.69) is 11.9 Å². The Morgan fingerprint density at radius 1 is 1.35 bits per heavy atom. The number of hydrogen-bond donors (Lipinski definition) is 0. The molecular formula is C18H22N2O3. The molecule has 1 aliphatic rings. The third kappa shape index (κ3) is 2.76. The van der Waals surface area contributed by atoms with Crippen LogP contribution in [0.4, 0.5) is 0 Å². The lowest BCUT2D eigenvalue weighted by atomic mass is 9.85. The number of nitrogens with zero attached hydrogens (tertiary/aromatic N) is 2. The van der Waals surface area contributed by atoms with E-state index in [1.807, 2.05) is 16.8 Å². The Kier molecular flexibility index (Phi) is 4.20. The highest BCUT2D eigenvalue weighted by molar-refractivity contribution is 5.94. The van der Waals surface area contributed by atoms with Crippen molar-refractivity contribution in [3.8, 4) is 0 Å². The average molecular weight is 314 g/mol. The molecule has 3 rings (SSSR count). The lowest BCUT2D eigenvalue weighted by Crippen LogP contribution is -2.30. The summed E-state index contributed by atoms with van der Waals surface area (Å²) < 4.78 is 6.61. The van der Waals surface area contributed by atoms with E-state index in [0.717, 1.165) is 19.3 Å². The summed E-state index contributed by atoms with van der Waals surface area (Å²) in [6.45, 7) is 3.95. The van der Waals surface area contributed by atoms with Gasteiger partial charge in [0.15, 0.2) is 0 Å². The van der Waals surface area contributed by atoms with Crippen LogP contribution in [0.25, 0.3) is 10.9 Å². The molecule has 2 heterocycles. The lowest BCUT2D eigenvalue weighted by molar-refractivity contribution is 0.0599. The van der Waals surface area contributed by atoms with E-state index in [1.54, 1.807) is 13.0 Å². The van der Waals surface area contributed by atoms with Crippen molar-refractivity contribution in [1.82, 2.24) is 9.55 Å². The van der Waals surface area contributed by atoms with Crippen molar-refractivity contribution in [2.45, 2.75) is 45.6 Å². The molecule has 0 bridgehead atoms. The number of fused-ring (bicyclic) bond motifs is 1. The van der Waals surface area contributed by atoms with Gasteiger partial charge in [-0.25, -0.2) is 4.79 Å². The highest BCUT2D eigenvalue weighted by Crippen LogP contribution is 2.32. The van der Waals surface area contributed by atoms with E-state index in [4.69, 9.17) is 4.74 Å². The minimum absolute atomic E-state index is 0.0705. The zero-order valence-corrected chi connectivity index (χ0v) is 13.8. The predicted octanol–water partition coefficient (Wildman–Crippen LogP) is 3.24. The monoisotopic (exact) mass is 314 g/mol. The molecule has 2 unspecified atom stereocenters. The fraction of sp³-hybridized carbons (Fsp3) is 0.500. The quantitative estimate of drug-likeness (QED) is 0.798. The number of hydrogen-bond acceptors (Lipinski definition) is 4. The number of methoxy groups -OCH3 is 1. The first-order valence-electron chi connectivity index (χ1n) is 8.13. The Bertz CT molecular complexity index is 810. The van der Waals surface area contributed by atoms with Crippen molar-refractivity contribution >= 4 is 16.9 Å². The van der Waals surface area contributed by atoms with Crippen LogP contribution in [0.15, 0.2) is 23.1 Å². The molecule has 1 saturated carbocycles. The highest BCUT2D eigenvalue weighted by Gasteiger charge is 2.24. The number of esters is 1. The Morgan fingerprint density at radius 2 is 2.09 bits per heavy atom. The summed E-state index contributed by atoms with van der Waals surface area (Å²) in [5.74, 6) is 0.0233. The number of aryl methyl sites for hydroxylation is 1. The van der Waals surface area contributed by atoms with Gasteiger partial charge in [-0.15, -0.1) is 0 Å². The molecule has 0 amide bonds. The average Bonchev–Trinajstić information content (AvgIpc) is 2.55. The lowest BCUT2D eigenvalue weighted by Gasteiger charge is -2.30. The number of aromatic nitrogens is 2. The van der Waals surface area contributed by atoms with Crippen LogP contribution in [-0.2, 0) is 4.74 Å². The minimum atomic E-state index is -0.460. The van der Waals surface area contributed by atoms with Gasteiger partial charge in [0, 0.05) is 12.2 Å². The summed E-state index contributed by atoms with van der Waals surface area (Å²) in [5.41, 5.74) is 1.48. The molecule has 0 spiro atoms. The van der Waals surface area contributed by atoms with E-state index < -0.39 is 5.97 Å². The molecule has 5 heteroatoms. The molecule has 0 saturated heterocycles. The van der Waals surface area contributed by atoms with E-state index in [9.17, 15) is 9.59 Å². The minimum Gasteiger partial charge on any atom is -0.465 e. The van der Waals surface area contributed by atoms with Crippen molar-refractivity contribution in [3.63, 3.8) is 0 Å². The summed E-state index contributed by atoms with van der Waals surface area (Å²) in [4.78, 5) is 29.2. The third-order valence-corrected chi connectivity index (χ3v) is 4.93. The highest BCUT2D eigenvalue weighted by atomic mass is 16.5. The molecule has 0 radical (unpaired) electrons. The van der Waals surface area contributed by atoms with Gasteiger partial charge < -0.3 is 9.30 Å². The fourth-order valence-electron chi connectivity index (χ4n) is 3.57. The second-order valence-corrected chi connectivity index (χ2v) is 6.40. The molecule has 2 aromatic heterocycles. The van der Waals surface area contributed by atoms with E-state index in [1.165, 1.54) is 13.5 Å². The van der Waals surface area contributed by atoms with Crippen molar-refractivity contribution in [2.24, 2.45) is 5.92 Å². The maximum atomic E-state index is 12.9. The van der Waals surface area contributed by atoms with Crippen molar-refractivity contribution in [1.29, 1.82) is 0 Å². The van der Waals surface area contributed by atoms with Crippen LogP contribution in [0.5, 0.6) is 0 Å². The van der Waals surface area contributed by atoms with Crippen LogP contribution in [0, 0.1) is 12.8 Å². The number of pyridine rings is 2. The Labute approximate surface area is 135 Å². The van der Waals surface area contributed by atoms with Crippen LogP contribution < -0.4 is 5.56 Å². The first-order chi connectivity index (χ1) is 11.0. The topological polar surface area (TPSA) is 61.2 Å². The van der Waals surface area contributed by atoms with Crippen molar-refractivity contribution in [2.75, 3.05) is 7.11 Å². The van der Waals surface area contributed by atoms with Crippen LogP contribution in [-0.4, -0.2) is 22.6 Å². The Morgan fingerprint density at radius 3 is 2.78 bits per heavy atom. The van der Waals surface area contributed by atoms with E-state index >= 15 is 0 Å². The first kappa shape index (κ1) is 15.7. The molecule has 2 aromatic rings. The van der Waals surface area contributed by atoms with Crippen molar-refractivity contribution < 1.29 is 9.53 Å². The van der Waals surface area contributed by atoms with Crippen LogP contribution >= 0.6 is 0 Å². The molecule has 0 aromatic carbocycles. The standard InChI is InChI=1S/C18H22N2O3/c1-11-6-4-5-7-16(11)20-9-8-15-14(17(20)21)10-13(12(2)19-15)18(22)23-3/h8-11,16H,4-7H2,1-3H3. The normalized spacial score (nSPS) is 21.3. The Balaban J connectivity index is 2.16. The third-order valence-electron chi connectivity index (χ3n) is 4.93.